The van der Waals surface area contributed by atoms with Crippen molar-refractivity contribution >= 4 is 23.2 Å². The SMILES string of the molecule is CCN(c1ncc(-c2ccc(C#N)s2)cc1CN1C(=O)OC(c2cc(C(F)(F)F)cc(C(F)(F)F)c2)[C@@H]1C)C1CCCCC1. The number of benzene rings is 1. The number of rotatable bonds is 7. The molecule has 44 heavy (non-hydrogen) atoms. The van der Waals surface area contributed by atoms with Crippen molar-refractivity contribution in [1.29, 1.82) is 5.26 Å². The quantitative estimate of drug-likeness (QED) is 0.242. The third-order valence-corrected chi connectivity index (χ3v) is 9.28. The monoisotopic (exact) mass is 636 g/mol. The number of ether oxygens (including phenoxy) is 1. The van der Waals surface area contributed by atoms with Crippen molar-refractivity contribution < 1.29 is 35.9 Å². The van der Waals surface area contributed by atoms with Gasteiger partial charge in [0.15, 0.2) is 0 Å². The molecule has 2 fully saturated rings. The standard InChI is InChI=1S/C31H30F6N4O2S/c1-3-40(24-7-5-4-6-8-24)28-21(11-20(16-39-28)26-10-9-25(15-38)44-26)17-41-18(2)27(43-29(41)42)19-12-22(30(32,33)34)14-23(13-19)31(35,36)37/h9-14,16,18,24,27H,3-8,17H2,1-2H3/t18-,27?/m0/s1. The van der Waals surface area contributed by atoms with Gasteiger partial charge in [0.25, 0.3) is 0 Å². The van der Waals surface area contributed by atoms with Crippen LogP contribution >= 0.6 is 11.3 Å². The molecule has 1 aliphatic carbocycles. The molecule has 1 saturated heterocycles. The first kappa shape index (κ1) is 31.6. The summed E-state index contributed by atoms with van der Waals surface area (Å²) in [6.45, 7) is 4.17. The van der Waals surface area contributed by atoms with Crippen LogP contribution in [0.1, 0.15) is 79.2 Å². The Morgan fingerprint density at radius 1 is 1.05 bits per heavy atom. The van der Waals surface area contributed by atoms with Gasteiger partial charge in [-0.1, -0.05) is 19.3 Å². The number of pyridine rings is 1. The second-order valence-corrected chi connectivity index (χ2v) is 12.2. The summed E-state index contributed by atoms with van der Waals surface area (Å²) < 4.78 is 86.8. The van der Waals surface area contributed by atoms with Crippen LogP contribution < -0.4 is 4.90 Å². The summed E-state index contributed by atoms with van der Waals surface area (Å²) in [6, 6.07) is 8.09. The highest BCUT2D eigenvalue weighted by atomic mass is 32.1. The molecule has 1 aromatic carbocycles. The number of halogens is 6. The fraction of sp³-hybridized carbons (Fsp3) is 0.452. The number of carbonyl (C=O) groups excluding carboxylic acids is 1. The Labute approximate surface area is 254 Å². The summed E-state index contributed by atoms with van der Waals surface area (Å²) in [7, 11) is 0. The lowest BCUT2D eigenvalue weighted by atomic mass is 9.93. The Balaban J connectivity index is 1.52. The van der Waals surface area contributed by atoms with Crippen molar-refractivity contribution in [1.82, 2.24) is 9.88 Å². The first-order valence-corrected chi connectivity index (χ1v) is 15.1. The van der Waals surface area contributed by atoms with E-state index in [0.717, 1.165) is 42.5 Å². The van der Waals surface area contributed by atoms with Crippen LogP contribution in [0.3, 0.4) is 0 Å². The Kier molecular flexibility index (Phi) is 8.84. The van der Waals surface area contributed by atoms with Gasteiger partial charge in [0.05, 0.1) is 23.7 Å². The van der Waals surface area contributed by atoms with Gasteiger partial charge in [0.1, 0.15) is 22.9 Å². The van der Waals surface area contributed by atoms with Crippen LogP contribution in [0, 0.1) is 11.3 Å². The third-order valence-electron chi connectivity index (χ3n) is 8.24. The van der Waals surface area contributed by atoms with Crippen LogP contribution in [0.15, 0.2) is 42.6 Å². The number of hydrogen-bond donors (Lipinski definition) is 0. The fourth-order valence-corrected chi connectivity index (χ4v) is 6.81. The van der Waals surface area contributed by atoms with E-state index in [1.54, 1.807) is 18.3 Å². The van der Waals surface area contributed by atoms with Crippen molar-refractivity contribution in [3.8, 4) is 16.5 Å². The predicted molar refractivity (Wildman–Crippen MR) is 153 cm³/mol. The number of thiophene rings is 1. The summed E-state index contributed by atoms with van der Waals surface area (Å²) >= 11 is 1.29. The molecule has 0 radical (unpaired) electrons. The molecule has 6 nitrogen and oxygen atoms in total. The van der Waals surface area contributed by atoms with E-state index in [-0.39, 0.29) is 24.2 Å². The molecular formula is C31H30F6N4O2S. The number of nitrogens with zero attached hydrogens (tertiary/aromatic N) is 4. The Bertz CT molecular complexity index is 1530. The zero-order valence-electron chi connectivity index (χ0n) is 24.0. The van der Waals surface area contributed by atoms with Gasteiger partial charge in [-0.15, -0.1) is 11.3 Å². The summed E-state index contributed by atoms with van der Waals surface area (Å²) in [5.41, 5.74) is -1.95. The lowest BCUT2D eigenvalue weighted by Crippen LogP contribution is -2.39. The normalized spacial score (nSPS) is 19.6. The van der Waals surface area contributed by atoms with Crippen molar-refractivity contribution in [3.63, 3.8) is 0 Å². The van der Waals surface area contributed by atoms with E-state index in [1.807, 2.05) is 13.0 Å². The van der Waals surface area contributed by atoms with Crippen LogP contribution in [0.4, 0.5) is 37.0 Å². The van der Waals surface area contributed by atoms with E-state index in [4.69, 9.17) is 9.72 Å². The van der Waals surface area contributed by atoms with Crippen molar-refractivity contribution in [2.45, 2.75) is 83.0 Å². The van der Waals surface area contributed by atoms with Gasteiger partial charge >= 0.3 is 18.4 Å². The average Bonchev–Trinajstić information content (AvgIpc) is 3.58. The summed E-state index contributed by atoms with van der Waals surface area (Å²) in [4.78, 5) is 22.8. The van der Waals surface area contributed by atoms with E-state index in [2.05, 4.69) is 11.0 Å². The number of nitriles is 1. The van der Waals surface area contributed by atoms with Crippen LogP contribution in [0.5, 0.6) is 0 Å². The number of anilines is 1. The van der Waals surface area contributed by atoms with Gasteiger partial charge in [0.2, 0.25) is 0 Å². The first-order valence-electron chi connectivity index (χ1n) is 14.3. The van der Waals surface area contributed by atoms with Crippen LogP contribution in [-0.2, 0) is 23.6 Å². The highest BCUT2D eigenvalue weighted by Gasteiger charge is 2.43. The lowest BCUT2D eigenvalue weighted by Gasteiger charge is -2.36. The third kappa shape index (κ3) is 6.50. The summed E-state index contributed by atoms with van der Waals surface area (Å²) in [5, 5.41) is 9.29. The molecule has 2 aromatic heterocycles. The number of hydrogen-bond acceptors (Lipinski definition) is 6. The molecule has 3 aromatic rings. The Morgan fingerprint density at radius 3 is 2.27 bits per heavy atom. The zero-order valence-corrected chi connectivity index (χ0v) is 24.8. The van der Waals surface area contributed by atoms with Gasteiger partial charge < -0.3 is 9.64 Å². The zero-order chi connectivity index (χ0) is 31.8. The minimum Gasteiger partial charge on any atom is -0.439 e. The topological polar surface area (TPSA) is 69.5 Å². The molecule has 1 amide bonds. The van der Waals surface area contributed by atoms with E-state index >= 15 is 0 Å². The first-order chi connectivity index (χ1) is 20.8. The van der Waals surface area contributed by atoms with Gasteiger partial charge in [-0.05, 0) is 68.7 Å². The fourth-order valence-electron chi connectivity index (χ4n) is 6.03. The Morgan fingerprint density at radius 2 is 1.70 bits per heavy atom. The molecule has 0 N–H and O–H groups in total. The molecular weight excluding hydrogens is 606 g/mol. The molecule has 5 rings (SSSR count). The summed E-state index contributed by atoms with van der Waals surface area (Å²) in [5.74, 6) is 0.655. The molecule has 234 valence electrons. The molecule has 2 atom stereocenters. The highest BCUT2D eigenvalue weighted by Crippen LogP contribution is 2.42. The van der Waals surface area contributed by atoms with Gasteiger partial charge in [-0.2, -0.15) is 31.6 Å². The molecule has 3 heterocycles. The van der Waals surface area contributed by atoms with E-state index in [0.29, 0.717) is 34.9 Å². The maximum Gasteiger partial charge on any atom is 0.416 e. The Hall–Kier alpha value is -3.79. The van der Waals surface area contributed by atoms with Gasteiger partial charge in [-0.25, -0.2) is 9.78 Å². The van der Waals surface area contributed by atoms with Crippen LogP contribution in [0.2, 0.25) is 0 Å². The number of carbonyl (C=O) groups is 1. The molecule has 13 heteroatoms. The maximum atomic E-state index is 13.6. The largest absolute Gasteiger partial charge is 0.439 e. The second kappa shape index (κ2) is 12.3. The van der Waals surface area contributed by atoms with Gasteiger partial charge in [-0.3, -0.25) is 4.90 Å². The molecule has 1 saturated carbocycles. The lowest BCUT2D eigenvalue weighted by molar-refractivity contribution is -0.143. The number of amides is 1. The number of cyclic esters (lactones) is 1. The molecule has 0 spiro atoms. The smallest absolute Gasteiger partial charge is 0.416 e. The molecule has 0 bridgehead atoms. The molecule has 1 unspecified atom stereocenters. The van der Waals surface area contributed by atoms with E-state index in [9.17, 15) is 36.4 Å². The molecule has 1 aliphatic heterocycles. The number of alkyl halides is 6. The van der Waals surface area contributed by atoms with E-state index < -0.39 is 41.7 Å². The van der Waals surface area contributed by atoms with Crippen LogP contribution in [-0.4, -0.2) is 34.6 Å². The predicted octanol–water partition coefficient (Wildman–Crippen LogP) is 8.96. The van der Waals surface area contributed by atoms with Crippen molar-refractivity contribution in [2.75, 3.05) is 11.4 Å². The molecule has 2 aliphatic rings. The van der Waals surface area contributed by atoms with Crippen molar-refractivity contribution in [3.05, 3.63) is 69.7 Å². The van der Waals surface area contributed by atoms with Crippen LogP contribution in [0.25, 0.3) is 10.4 Å². The number of aromatic nitrogens is 1. The minimum absolute atomic E-state index is 0.0303. The maximum absolute atomic E-state index is 13.6. The highest BCUT2D eigenvalue weighted by molar-refractivity contribution is 7.16. The summed E-state index contributed by atoms with van der Waals surface area (Å²) in [6.07, 6.45) is -5.29. The van der Waals surface area contributed by atoms with Gasteiger partial charge in [0, 0.05) is 34.8 Å². The average molecular weight is 637 g/mol. The minimum atomic E-state index is -5.03. The van der Waals surface area contributed by atoms with E-state index in [1.165, 1.54) is 23.2 Å². The van der Waals surface area contributed by atoms with Crippen molar-refractivity contribution in [2.24, 2.45) is 0 Å². The second-order valence-electron chi connectivity index (χ2n) is 11.1.